The fraction of sp³-hybridized carbons (Fsp3) is 0.409. The molecule has 0 spiro atoms. The summed E-state index contributed by atoms with van der Waals surface area (Å²) in [6.45, 7) is 7.48. The molecule has 0 atom stereocenters. The molecule has 2 aromatic carbocycles. The molecular formula is C22H28N2O2. The number of hydrogen-bond acceptors (Lipinski definition) is 3. The molecule has 1 fully saturated rings. The van der Waals surface area contributed by atoms with Crippen LogP contribution in [0, 0.1) is 0 Å². The first-order valence-electron chi connectivity index (χ1n) is 9.44. The minimum absolute atomic E-state index is 0.0130. The van der Waals surface area contributed by atoms with E-state index in [9.17, 15) is 4.79 Å². The second-order valence-electron chi connectivity index (χ2n) is 7.20. The van der Waals surface area contributed by atoms with E-state index < -0.39 is 0 Å². The van der Waals surface area contributed by atoms with Crippen LogP contribution in [0.1, 0.15) is 43.7 Å². The second kappa shape index (κ2) is 8.86. The minimum Gasteiger partial charge on any atom is -0.484 e. The number of amides is 1. The van der Waals surface area contributed by atoms with Crippen molar-refractivity contribution in [1.82, 2.24) is 4.90 Å². The van der Waals surface area contributed by atoms with E-state index in [1.807, 2.05) is 42.5 Å². The first kappa shape index (κ1) is 18.5. The van der Waals surface area contributed by atoms with Crippen molar-refractivity contribution in [3.8, 4) is 5.75 Å². The molecule has 0 bridgehead atoms. The smallest absolute Gasteiger partial charge is 0.262 e. The summed E-state index contributed by atoms with van der Waals surface area (Å²) in [5.41, 5.74) is 3.30. The quantitative estimate of drug-likeness (QED) is 0.802. The molecule has 0 radical (unpaired) electrons. The van der Waals surface area contributed by atoms with Crippen molar-refractivity contribution in [2.45, 2.75) is 39.2 Å². The second-order valence-corrected chi connectivity index (χ2v) is 7.20. The standard InChI is InChI=1S/C22H28N2O2/c1-17(2)18-9-11-20(12-10-18)26-16-22(25)23-21-8-4-3-7-19(21)15-24-13-5-6-14-24/h3-4,7-12,17H,5-6,13-16H2,1-2H3,(H,23,25). The van der Waals surface area contributed by atoms with Crippen molar-refractivity contribution in [3.05, 3.63) is 59.7 Å². The number of para-hydroxylation sites is 1. The molecule has 1 aliphatic rings. The molecule has 0 unspecified atom stereocenters. The highest BCUT2D eigenvalue weighted by atomic mass is 16.5. The largest absolute Gasteiger partial charge is 0.484 e. The number of benzene rings is 2. The van der Waals surface area contributed by atoms with Gasteiger partial charge < -0.3 is 10.1 Å². The molecule has 2 aromatic rings. The van der Waals surface area contributed by atoms with Crippen molar-refractivity contribution in [2.75, 3.05) is 25.0 Å². The van der Waals surface area contributed by atoms with Crippen molar-refractivity contribution in [2.24, 2.45) is 0 Å². The highest BCUT2D eigenvalue weighted by Gasteiger charge is 2.14. The number of anilines is 1. The molecule has 1 N–H and O–H groups in total. The Kier molecular flexibility index (Phi) is 6.29. The Morgan fingerprint density at radius 2 is 1.77 bits per heavy atom. The molecule has 138 valence electrons. The average Bonchev–Trinajstić information content (AvgIpc) is 3.15. The lowest BCUT2D eigenvalue weighted by molar-refractivity contribution is -0.118. The first-order chi connectivity index (χ1) is 12.6. The highest BCUT2D eigenvalue weighted by Crippen LogP contribution is 2.21. The number of ether oxygens (including phenoxy) is 1. The fourth-order valence-electron chi connectivity index (χ4n) is 3.25. The van der Waals surface area contributed by atoms with Crippen LogP contribution in [0.25, 0.3) is 0 Å². The van der Waals surface area contributed by atoms with Crippen LogP contribution in [0.15, 0.2) is 48.5 Å². The maximum absolute atomic E-state index is 12.3. The summed E-state index contributed by atoms with van der Waals surface area (Å²) in [6.07, 6.45) is 2.52. The zero-order chi connectivity index (χ0) is 18.4. The minimum atomic E-state index is -0.133. The maximum Gasteiger partial charge on any atom is 0.262 e. The number of nitrogens with one attached hydrogen (secondary N) is 1. The zero-order valence-corrected chi connectivity index (χ0v) is 15.7. The maximum atomic E-state index is 12.3. The van der Waals surface area contributed by atoms with Gasteiger partial charge in [-0.1, -0.05) is 44.2 Å². The topological polar surface area (TPSA) is 41.6 Å². The summed E-state index contributed by atoms with van der Waals surface area (Å²) < 4.78 is 5.63. The molecule has 26 heavy (non-hydrogen) atoms. The molecular weight excluding hydrogens is 324 g/mol. The van der Waals surface area contributed by atoms with Gasteiger partial charge in [0.15, 0.2) is 6.61 Å². The van der Waals surface area contributed by atoms with E-state index in [2.05, 4.69) is 30.1 Å². The fourth-order valence-corrected chi connectivity index (χ4v) is 3.25. The summed E-state index contributed by atoms with van der Waals surface area (Å²) in [6, 6.07) is 15.9. The van der Waals surface area contributed by atoms with Gasteiger partial charge in [-0.3, -0.25) is 9.69 Å². The Bertz CT molecular complexity index is 719. The van der Waals surface area contributed by atoms with Crippen LogP contribution < -0.4 is 10.1 Å². The van der Waals surface area contributed by atoms with Crippen molar-refractivity contribution in [1.29, 1.82) is 0 Å². The Balaban J connectivity index is 1.54. The summed E-state index contributed by atoms with van der Waals surface area (Å²) in [5, 5.41) is 2.99. The van der Waals surface area contributed by atoms with E-state index in [-0.39, 0.29) is 12.5 Å². The lowest BCUT2D eigenvalue weighted by Gasteiger charge is -2.18. The predicted molar refractivity (Wildman–Crippen MR) is 106 cm³/mol. The summed E-state index contributed by atoms with van der Waals surface area (Å²) in [5.74, 6) is 1.07. The Morgan fingerprint density at radius 1 is 1.08 bits per heavy atom. The number of hydrogen-bond donors (Lipinski definition) is 1. The Hall–Kier alpha value is -2.33. The zero-order valence-electron chi connectivity index (χ0n) is 15.7. The molecule has 1 heterocycles. The number of nitrogens with zero attached hydrogens (tertiary/aromatic N) is 1. The van der Waals surface area contributed by atoms with Gasteiger partial charge in [0.05, 0.1) is 0 Å². The van der Waals surface area contributed by atoms with Gasteiger partial charge in [-0.25, -0.2) is 0 Å². The van der Waals surface area contributed by atoms with E-state index >= 15 is 0 Å². The molecule has 0 aromatic heterocycles. The van der Waals surface area contributed by atoms with Gasteiger partial charge in [0, 0.05) is 12.2 Å². The van der Waals surface area contributed by atoms with Gasteiger partial charge in [0.1, 0.15) is 5.75 Å². The van der Waals surface area contributed by atoms with Gasteiger partial charge in [0.2, 0.25) is 0 Å². The number of rotatable bonds is 7. The molecule has 4 nitrogen and oxygen atoms in total. The van der Waals surface area contributed by atoms with Crippen molar-refractivity contribution >= 4 is 11.6 Å². The van der Waals surface area contributed by atoms with Gasteiger partial charge in [-0.2, -0.15) is 0 Å². The molecule has 0 saturated carbocycles. The van der Waals surface area contributed by atoms with Crippen LogP contribution in [0.3, 0.4) is 0 Å². The monoisotopic (exact) mass is 352 g/mol. The van der Waals surface area contributed by atoms with Crippen LogP contribution in [-0.2, 0) is 11.3 Å². The number of carbonyl (C=O) groups excluding carboxylic acids is 1. The van der Waals surface area contributed by atoms with Gasteiger partial charge >= 0.3 is 0 Å². The SMILES string of the molecule is CC(C)c1ccc(OCC(=O)Nc2ccccc2CN2CCCC2)cc1. The van der Waals surface area contributed by atoms with E-state index in [0.717, 1.165) is 36.6 Å². The van der Waals surface area contributed by atoms with Crippen LogP contribution >= 0.6 is 0 Å². The lowest BCUT2D eigenvalue weighted by atomic mass is 10.0. The van der Waals surface area contributed by atoms with Crippen LogP contribution in [0.2, 0.25) is 0 Å². The normalized spacial score (nSPS) is 14.6. The molecule has 4 heteroatoms. The van der Waals surface area contributed by atoms with Gasteiger partial charge in [-0.05, 0) is 61.2 Å². The molecule has 3 rings (SSSR count). The van der Waals surface area contributed by atoms with E-state index in [4.69, 9.17) is 4.74 Å². The third-order valence-corrected chi connectivity index (χ3v) is 4.80. The molecule has 1 aliphatic heterocycles. The van der Waals surface area contributed by atoms with E-state index in [1.165, 1.54) is 18.4 Å². The third kappa shape index (κ3) is 5.09. The van der Waals surface area contributed by atoms with Gasteiger partial charge in [0.25, 0.3) is 5.91 Å². The summed E-state index contributed by atoms with van der Waals surface area (Å²) in [4.78, 5) is 14.7. The lowest BCUT2D eigenvalue weighted by Crippen LogP contribution is -2.23. The highest BCUT2D eigenvalue weighted by molar-refractivity contribution is 5.92. The van der Waals surface area contributed by atoms with Crippen LogP contribution in [-0.4, -0.2) is 30.5 Å². The van der Waals surface area contributed by atoms with Crippen molar-refractivity contribution in [3.63, 3.8) is 0 Å². The average molecular weight is 352 g/mol. The summed E-state index contributed by atoms with van der Waals surface area (Å²) in [7, 11) is 0. The number of likely N-dealkylation sites (tertiary alicyclic amines) is 1. The van der Waals surface area contributed by atoms with E-state index in [0.29, 0.717) is 5.92 Å². The Morgan fingerprint density at radius 3 is 2.46 bits per heavy atom. The van der Waals surface area contributed by atoms with Crippen molar-refractivity contribution < 1.29 is 9.53 Å². The van der Waals surface area contributed by atoms with Gasteiger partial charge in [-0.15, -0.1) is 0 Å². The number of carbonyl (C=O) groups is 1. The predicted octanol–water partition coefficient (Wildman–Crippen LogP) is 4.42. The molecule has 1 amide bonds. The van der Waals surface area contributed by atoms with Crippen LogP contribution in [0.5, 0.6) is 5.75 Å². The molecule has 1 saturated heterocycles. The molecule has 0 aliphatic carbocycles. The third-order valence-electron chi connectivity index (χ3n) is 4.80. The first-order valence-corrected chi connectivity index (χ1v) is 9.44. The van der Waals surface area contributed by atoms with Crippen LogP contribution in [0.4, 0.5) is 5.69 Å². The van der Waals surface area contributed by atoms with E-state index in [1.54, 1.807) is 0 Å². The summed E-state index contributed by atoms with van der Waals surface area (Å²) >= 11 is 0. The Labute approximate surface area is 156 Å².